The molecule has 2 aliphatic carbocycles. The molecule has 0 bridgehead atoms. The van der Waals surface area contributed by atoms with Crippen molar-refractivity contribution in [2.45, 2.75) is 118 Å². The minimum atomic E-state index is -0.397. The monoisotopic (exact) mass is 640 g/mol. The third-order valence-electron chi connectivity index (χ3n) is 7.20. The first-order chi connectivity index (χ1) is 18.6. The Morgan fingerprint density at radius 2 is 1.38 bits per heavy atom. The summed E-state index contributed by atoms with van der Waals surface area (Å²) >= 11 is 0. The van der Waals surface area contributed by atoms with E-state index >= 15 is 0 Å². The summed E-state index contributed by atoms with van der Waals surface area (Å²) in [7, 11) is 0. The van der Waals surface area contributed by atoms with Crippen molar-refractivity contribution >= 4 is 6.09 Å². The first kappa shape index (κ1) is 38.8. The SMILES string of the molecule is CC.CC1(C)CC(C[N-]OOCCCCCCOC(=O)NCC2CC(OC#N)CC(C)(C)C2)CC(OC#N)C1.[Y]. The van der Waals surface area contributed by atoms with E-state index < -0.39 is 6.09 Å². The number of unbranched alkanes of at least 4 members (excludes halogenated alkanes) is 3. The molecule has 1 amide bonds. The first-order valence-corrected chi connectivity index (χ1v) is 14.6. The van der Waals surface area contributed by atoms with E-state index in [0.29, 0.717) is 32.2 Å². The maximum atomic E-state index is 12.0. The molecule has 4 atom stereocenters. The molecule has 2 rings (SSSR count). The van der Waals surface area contributed by atoms with Crippen LogP contribution in [0.3, 0.4) is 0 Å². The van der Waals surface area contributed by atoms with E-state index in [1.54, 1.807) is 6.26 Å². The van der Waals surface area contributed by atoms with E-state index in [-0.39, 0.29) is 61.7 Å². The summed E-state index contributed by atoms with van der Waals surface area (Å²) in [6.45, 7) is 14.6. The molecule has 2 aliphatic rings. The summed E-state index contributed by atoms with van der Waals surface area (Å²) < 4.78 is 15.6. The molecule has 0 aromatic carbocycles. The van der Waals surface area contributed by atoms with Gasteiger partial charge in [-0.2, -0.15) is 10.5 Å². The van der Waals surface area contributed by atoms with Crippen LogP contribution in [0.5, 0.6) is 0 Å². The van der Waals surface area contributed by atoms with Crippen LogP contribution in [0.25, 0.3) is 5.48 Å². The Hall–Kier alpha value is -1.17. The number of ether oxygens (including phenoxy) is 3. The van der Waals surface area contributed by atoms with Crippen LogP contribution in [0.1, 0.15) is 106 Å². The van der Waals surface area contributed by atoms with Crippen molar-refractivity contribution in [2.75, 3.05) is 26.3 Å². The number of carbonyl (C=O) groups excluding carboxylic acids is 1. The fourth-order valence-corrected chi connectivity index (χ4v) is 5.93. The van der Waals surface area contributed by atoms with Gasteiger partial charge in [-0.3, -0.25) is 4.89 Å². The second-order valence-corrected chi connectivity index (χ2v) is 12.1. The van der Waals surface area contributed by atoms with Crippen molar-refractivity contribution in [2.24, 2.45) is 22.7 Å². The van der Waals surface area contributed by atoms with Crippen molar-refractivity contribution in [3.8, 4) is 12.5 Å². The van der Waals surface area contributed by atoms with Gasteiger partial charge >= 0.3 is 6.09 Å². The molecule has 0 saturated heterocycles. The van der Waals surface area contributed by atoms with Crippen molar-refractivity contribution < 1.29 is 61.6 Å². The predicted octanol–water partition coefficient (Wildman–Crippen LogP) is 6.92. The van der Waals surface area contributed by atoms with Gasteiger partial charge in [0.2, 0.25) is 0 Å². The van der Waals surface area contributed by atoms with E-state index in [9.17, 15) is 4.79 Å². The summed E-state index contributed by atoms with van der Waals surface area (Å²) in [5.74, 6) is 0.583. The van der Waals surface area contributed by atoms with Crippen LogP contribution in [-0.2, 0) is 56.8 Å². The molecule has 11 heteroatoms. The van der Waals surface area contributed by atoms with Gasteiger partial charge in [0.25, 0.3) is 12.5 Å². The van der Waals surface area contributed by atoms with Crippen LogP contribution in [0.15, 0.2) is 0 Å². The molecule has 0 spiro atoms. The molecule has 4 unspecified atom stereocenters. The van der Waals surface area contributed by atoms with Gasteiger partial charge in [0, 0.05) is 39.3 Å². The molecule has 0 heterocycles. The number of nitrogens with zero attached hydrogens (tertiary/aromatic N) is 3. The number of rotatable bonds is 15. The third kappa shape index (κ3) is 17.6. The number of hydrogen-bond donors (Lipinski definition) is 1. The van der Waals surface area contributed by atoms with Crippen LogP contribution >= 0.6 is 0 Å². The molecular weight excluding hydrogens is 589 g/mol. The summed E-state index contributed by atoms with van der Waals surface area (Å²) in [6, 6.07) is 0. The van der Waals surface area contributed by atoms with E-state index in [1.165, 1.54) is 0 Å². The number of amides is 1. The molecular formula is C29H51N4O6Y-. The summed E-state index contributed by atoms with van der Waals surface area (Å²) in [5, 5.41) is 20.4. The Labute approximate surface area is 267 Å². The maximum absolute atomic E-state index is 12.0. The molecule has 2 fully saturated rings. The fourth-order valence-electron chi connectivity index (χ4n) is 5.93. The summed E-state index contributed by atoms with van der Waals surface area (Å²) in [6.07, 6.45) is 11.9. The minimum Gasteiger partial charge on any atom is -0.500 e. The van der Waals surface area contributed by atoms with E-state index in [2.05, 4.69) is 38.5 Å². The topological polar surface area (TPSA) is 137 Å². The van der Waals surface area contributed by atoms with Gasteiger partial charge in [-0.15, -0.1) is 6.54 Å². The third-order valence-corrected chi connectivity index (χ3v) is 7.20. The normalized spacial score (nSPS) is 24.5. The zero-order valence-electron chi connectivity index (χ0n) is 25.6. The molecule has 1 N–H and O–H groups in total. The number of hydroxylamine groups is 1. The van der Waals surface area contributed by atoms with Crippen LogP contribution in [0.2, 0.25) is 0 Å². The van der Waals surface area contributed by atoms with E-state index in [0.717, 1.165) is 64.2 Å². The standard InChI is InChI=1S/C27H45N4O6.C2H6.Y/c1-26(2)13-21(11-23(15-26)34-19-28)17-30-25(32)33-9-7-5-6-8-10-36-37-31-18-22-12-24(35-20-29)16-27(3,4)14-22;1-2;/h21-24H,5-18H2,1-4H3,(H,30,32);1-2H3;/q-1;;. The second kappa shape index (κ2) is 21.5. The Morgan fingerprint density at radius 3 is 1.95 bits per heavy atom. The number of nitrogens with one attached hydrogen (secondary N) is 1. The molecule has 1 radical (unpaired) electrons. The van der Waals surface area contributed by atoms with Crippen molar-refractivity contribution in [3.05, 3.63) is 5.48 Å². The van der Waals surface area contributed by atoms with Crippen LogP contribution in [-0.4, -0.2) is 44.6 Å². The van der Waals surface area contributed by atoms with Gasteiger partial charge in [-0.25, -0.2) is 4.79 Å². The Kier molecular flexibility index (Phi) is 20.9. The van der Waals surface area contributed by atoms with E-state index in [4.69, 9.17) is 34.6 Å². The van der Waals surface area contributed by atoms with Gasteiger partial charge < -0.3 is 30.0 Å². The molecule has 10 nitrogen and oxygen atoms in total. The Morgan fingerprint density at radius 1 is 0.850 bits per heavy atom. The minimum absolute atomic E-state index is 0. The molecule has 40 heavy (non-hydrogen) atoms. The number of hydrogen-bond acceptors (Lipinski definition) is 8. The molecule has 227 valence electrons. The maximum Gasteiger partial charge on any atom is 0.407 e. The Balaban J connectivity index is 0.00000495. The van der Waals surface area contributed by atoms with Gasteiger partial charge in [0.1, 0.15) is 12.2 Å². The zero-order chi connectivity index (χ0) is 29.2. The van der Waals surface area contributed by atoms with Gasteiger partial charge in [0.05, 0.1) is 13.2 Å². The smallest absolute Gasteiger partial charge is 0.407 e. The van der Waals surface area contributed by atoms with E-state index in [1.807, 2.05) is 20.1 Å². The van der Waals surface area contributed by atoms with Crippen LogP contribution in [0.4, 0.5) is 4.79 Å². The van der Waals surface area contributed by atoms with Gasteiger partial charge in [-0.1, -0.05) is 53.9 Å². The number of nitriles is 2. The molecule has 0 aliphatic heterocycles. The van der Waals surface area contributed by atoms with Crippen LogP contribution < -0.4 is 5.32 Å². The molecule has 2 saturated carbocycles. The predicted molar refractivity (Wildman–Crippen MR) is 148 cm³/mol. The zero-order valence-corrected chi connectivity index (χ0v) is 28.4. The quantitative estimate of drug-likeness (QED) is 0.0882. The van der Waals surface area contributed by atoms with Gasteiger partial charge in [-0.05, 0) is 74.5 Å². The average molecular weight is 641 g/mol. The second-order valence-electron chi connectivity index (χ2n) is 12.1. The summed E-state index contributed by atoms with van der Waals surface area (Å²) in [5.41, 5.74) is 4.25. The van der Waals surface area contributed by atoms with Crippen molar-refractivity contribution in [1.29, 1.82) is 10.5 Å². The van der Waals surface area contributed by atoms with Gasteiger partial charge in [0.15, 0.2) is 0 Å². The van der Waals surface area contributed by atoms with Crippen LogP contribution in [0, 0.1) is 45.7 Å². The summed E-state index contributed by atoms with van der Waals surface area (Å²) in [4.78, 5) is 22.1. The molecule has 0 aromatic rings. The number of alkyl carbamates (subject to hydrolysis) is 1. The van der Waals surface area contributed by atoms with Crippen molar-refractivity contribution in [1.82, 2.24) is 5.32 Å². The van der Waals surface area contributed by atoms with Crippen molar-refractivity contribution in [3.63, 3.8) is 0 Å². The fraction of sp³-hybridized carbons (Fsp3) is 0.897. The first-order valence-electron chi connectivity index (χ1n) is 14.6. The Bertz CT molecular complexity index is 771. The average Bonchev–Trinajstić information content (AvgIpc) is 2.86. The largest absolute Gasteiger partial charge is 0.500 e. The molecule has 0 aromatic heterocycles. The number of carbonyl (C=O) groups is 1.